The lowest BCUT2D eigenvalue weighted by molar-refractivity contribution is 0.0953. The van der Waals surface area contributed by atoms with Gasteiger partial charge in [0, 0.05) is 6.54 Å². The molecular weight excluding hydrogens is 288 g/mol. The second kappa shape index (κ2) is 6.88. The predicted molar refractivity (Wildman–Crippen MR) is 74.7 cm³/mol. The van der Waals surface area contributed by atoms with E-state index in [-0.39, 0.29) is 15.5 Å². The van der Waals surface area contributed by atoms with Gasteiger partial charge in [-0.05, 0) is 24.6 Å². The predicted octanol–water partition coefficient (Wildman–Crippen LogP) is 1.91. The lowest BCUT2D eigenvalue weighted by Crippen LogP contribution is -2.25. The third kappa shape index (κ3) is 4.81. The second-order valence-electron chi connectivity index (χ2n) is 4.15. The van der Waals surface area contributed by atoms with Crippen LogP contribution in [0, 0.1) is 0 Å². The van der Waals surface area contributed by atoms with Gasteiger partial charge in [-0.3, -0.25) is 4.79 Å². The number of nitrogens with two attached hydrogens (primary N) is 1. The van der Waals surface area contributed by atoms with Crippen LogP contribution in [0.3, 0.4) is 0 Å². The Balaban J connectivity index is 2.84. The Kier molecular flexibility index (Phi) is 5.78. The summed E-state index contributed by atoms with van der Waals surface area (Å²) < 4.78 is 22.4. The van der Waals surface area contributed by atoms with Crippen LogP contribution in [0.5, 0.6) is 0 Å². The highest BCUT2D eigenvalue weighted by Gasteiger charge is 2.15. The summed E-state index contributed by atoms with van der Waals surface area (Å²) in [4.78, 5) is 11.7. The van der Waals surface area contributed by atoms with Crippen molar-refractivity contribution in [3.8, 4) is 0 Å². The van der Waals surface area contributed by atoms with Crippen LogP contribution in [-0.2, 0) is 10.0 Å². The number of amides is 1. The zero-order valence-electron chi connectivity index (χ0n) is 10.6. The molecule has 3 N–H and O–H groups in total. The van der Waals surface area contributed by atoms with E-state index in [1.807, 2.05) is 0 Å². The molecule has 0 saturated carbocycles. The van der Waals surface area contributed by atoms with Crippen molar-refractivity contribution in [3.05, 3.63) is 28.8 Å². The number of carbonyl (C=O) groups excluding carboxylic acids is 1. The minimum Gasteiger partial charge on any atom is -0.352 e. The number of hydrogen-bond acceptors (Lipinski definition) is 3. The lowest BCUT2D eigenvalue weighted by Gasteiger charge is -2.08. The summed E-state index contributed by atoms with van der Waals surface area (Å²) in [6.07, 6.45) is 2.94. The highest BCUT2D eigenvalue weighted by Crippen LogP contribution is 2.19. The number of benzene rings is 1. The van der Waals surface area contributed by atoms with Gasteiger partial charge in [-0.2, -0.15) is 0 Å². The van der Waals surface area contributed by atoms with Gasteiger partial charge < -0.3 is 5.32 Å². The van der Waals surface area contributed by atoms with E-state index in [1.165, 1.54) is 18.2 Å². The molecule has 7 heteroatoms. The smallest absolute Gasteiger partial charge is 0.252 e. The van der Waals surface area contributed by atoms with Crippen LogP contribution in [0.15, 0.2) is 23.1 Å². The van der Waals surface area contributed by atoms with E-state index in [9.17, 15) is 13.2 Å². The minimum atomic E-state index is -3.84. The molecule has 0 bridgehead atoms. The Morgan fingerprint density at radius 2 is 2.05 bits per heavy atom. The van der Waals surface area contributed by atoms with E-state index in [0.717, 1.165) is 19.3 Å². The SMILES string of the molecule is CCCCCNC(=O)c1cc(S(N)(=O)=O)ccc1Cl. The van der Waals surface area contributed by atoms with E-state index in [4.69, 9.17) is 16.7 Å². The van der Waals surface area contributed by atoms with Crippen LogP contribution in [0.25, 0.3) is 0 Å². The van der Waals surface area contributed by atoms with Crippen molar-refractivity contribution < 1.29 is 13.2 Å². The maximum Gasteiger partial charge on any atom is 0.252 e. The van der Waals surface area contributed by atoms with Crippen molar-refractivity contribution in [3.63, 3.8) is 0 Å². The molecule has 106 valence electrons. The third-order valence-electron chi connectivity index (χ3n) is 2.58. The average Bonchev–Trinajstić information content (AvgIpc) is 2.33. The van der Waals surface area contributed by atoms with Gasteiger partial charge in [0.05, 0.1) is 15.5 Å². The van der Waals surface area contributed by atoms with Crippen LogP contribution in [0.2, 0.25) is 5.02 Å². The van der Waals surface area contributed by atoms with E-state index in [2.05, 4.69) is 12.2 Å². The highest BCUT2D eigenvalue weighted by molar-refractivity contribution is 7.89. The molecule has 0 fully saturated rings. The number of primary sulfonamides is 1. The largest absolute Gasteiger partial charge is 0.352 e. The molecule has 0 aliphatic rings. The number of unbranched alkanes of at least 4 members (excludes halogenated alkanes) is 2. The first-order chi connectivity index (χ1) is 8.86. The number of carbonyl (C=O) groups is 1. The number of sulfonamides is 1. The molecule has 0 aliphatic heterocycles. The molecule has 1 rings (SSSR count). The number of nitrogens with one attached hydrogen (secondary N) is 1. The van der Waals surface area contributed by atoms with Crippen molar-refractivity contribution in [1.82, 2.24) is 5.32 Å². The zero-order chi connectivity index (χ0) is 14.5. The zero-order valence-corrected chi connectivity index (χ0v) is 12.2. The molecule has 0 radical (unpaired) electrons. The molecule has 1 amide bonds. The third-order valence-corrected chi connectivity index (χ3v) is 3.82. The minimum absolute atomic E-state index is 0.115. The summed E-state index contributed by atoms with van der Waals surface area (Å²) >= 11 is 5.88. The summed E-state index contributed by atoms with van der Waals surface area (Å²) in [6.45, 7) is 2.59. The van der Waals surface area contributed by atoms with Gasteiger partial charge in [0.25, 0.3) is 5.91 Å². The van der Waals surface area contributed by atoms with E-state index in [0.29, 0.717) is 6.54 Å². The monoisotopic (exact) mass is 304 g/mol. The molecule has 1 aromatic carbocycles. The maximum atomic E-state index is 11.9. The standard InChI is InChI=1S/C12H17ClN2O3S/c1-2-3-4-7-15-12(16)10-8-9(19(14,17)18)5-6-11(10)13/h5-6,8H,2-4,7H2,1H3,(H,15,16)(H2,14,17,18). The van der Waals surface area contributed by atoms with E-state index in [1.54, 1.807) is 0 Å². The van der Waals surface area contributed by atoms with E-state index >= 15 is 0 Å². The fourth-order valence-electron chi connectivity index (χ4n) is 1.53. The quantitative estimate of drug-likeness (QED) is 0.787. The topological polar surface area (TPSA) is 89.3 Å². The van der Waals surface area contributed by atoms with Gasteiger partial charge in [-0.25, -0.2) is 13.6 Å². The Morgan fingerprint density at radius 1 is 1.37 bits per heavy atom. The first-order valence-electron chi connectivity index (χ1n) is 5.96. The average molecular weight is 305 g/mol. The molecule has 5 nitrogen and oxygen atoms in total. The number of hydrogen-bond donors (Lipinski definition) is 2. The Labute approximate surface area is 118 Å². The number of rotatable bonds is 6. The van der Waals surface area contributed by atoms with Crippen LogP contribution in [0.1, 0.15) is 36.5 Å². The molecular formula is C12H17ClN2O3S. The molecule has 0 aromatic heterocycles. The van der Waals surface area contributed by atoms with Gasteiger partial charge in [-0.1, -0.05) is 31.4 Å². The van der Waals surface area contributed by atoms with Crippen molar-refractivity contribution in [2.24, 2.45) is 5.14 Å². The molecule has 0 saturated heterocycles. The van der Waals surface area contributed by atoms with Crippen LogP contribution in [-0.4, -0.2) is 20.9 Å². The van der Waals surface area contributed by atoms with Crippen molar-refractivity contribution in [2.45, 2.75) is 31.1 Å². The molecule has 0 atom stereocenters. The van der Waals surface area contributed by atoms with Crippen LogP contribution < -0.4 is 10.5 Å². The second-order valence-corrected chi connectivity index (χ2v) is 6.12. The molecule has 19 heavy (non-hydrogen) atoms. The highest BCUT2D eigenvalue weighted by atomic mass is 35.5. The van der Waals surface area contributed by atoms with Gasteiger partial charge in [0.15, 0.2) is 0 Å². The van der Waals surface area contributed by atoms with Gasteiger partial charge in [-0.15, -0.1) is 0 Å². The van der Waals surface area contributed by atoms with Crippen LogP contribution >= 0.6 is 11.6 Å². The van der Waals surface area contributed by atoms with E-state index < -0.39 is 15.9 Å². The maximum absolute atomic E-state index is 11.9. The Morgan fingerprint density at radius 3 is 2.63 bits per heavy atom. The first kappa shape index (κ1) is 15.9. The normalized spacial score (nSPS) is 11.3. The molecule has 0 unspecified atom stereocenters. The Hall–Kier alpha value is -1.11. The lowest BCUT2D eigenvalue weighted by atomic mass is 10.2. The summed E-state index contributed by atoms with van der Waals surface area (Å²) in [5, 5.41) is 7.90. The van der Waals surface area contributed by atoms with Gasteiger partial charge in [0.2, 0.25) is 10.0 Å². The summed E-state index contributed by atoms with van der Waals surface area (Å²) in [7, 11) is -3.84. The van der Waals surface area contributed by atoms with Gasteiger partial charge >= 0.3 is 0 Å². The fraction of sp³-hybridized carbons (Fsp3) is 0.417. The molecule has 0 spiro atoms. The van der Waals surface area contributed by atoms with Crippen molar-refractivity contribution in [1.29, 1.82) is 0 Å². The fourth-order valence-corrected chi connectivity index (χ4v) is 2.27. The summed E-state index contributed by atoms with van der Waals surface area (Å²) in [5.41, 5.74) is 0.115. The van der Waals surface area contributed by atoms with Gasteiger partial charge in [0.1, 0.15) is 0 Å². The van der Waals surface area contributed by atoms with Crippen molar-refractivity contribution >= 4 is 27.5 Å². The molecule has 1 aromatic rings. The van der Waals surface area contributed by atoms with Crippen LogP contribution in [0.4, 0.5) is 0 Å². The number of halogens is 1. The summed E-state index contributed by atoms with van der Waals surface area (Å²) in [5.74, 6) is -0.397. The first-order valence-corrected chi connectivity index (χ1v) is 7.89. The Bertz CT molecular complexity index is 558. The summed E-state index contributed by atoms with van der Waals surface area (Å²) in [6, 6.07) is 3.81. The molecule has 0 heterocycles. The van der Waals surface area contributed by atoms with Crippen molar-refractivity contribution in [2.75, 3.05) is 6.54 Å². The molecule has 0 aliphatic carbocycles.